The van der Waals surface area contributed by atoms with Crippen LogP contribution in [0, 0.1) is 40.4 Å². The molecule has 0 aromatic rings. The number of rotatable bonds is 4. The van der Waals surface area contributed by atoms with Crippen molar-refractivity contribution in [1.29, 1.82) is 0 Å². The van der Waals surface area contributed by atoms with E-state index in [4.69, 9.17) is 9.47 Å². The maximum atomic E-state index is 11.3. The summed E-state index contributed by atoms with van der Waals surface area (Å²) >= 11 is 0. The molecule has 3 heteroatoms. The quantitative estimate of drug-likeness (QED) is 0.418. The molecule has 0 radical (unpaired) electrons. The Bertz CT molecular complexity index is 599. The van der Waals surface area contributed by atoms with E-state index in [1.54, 1.807) is 0 Å². The van der Waals surface area contributed by atoms with Crippen LogP contribution in [0.15, 0.2) is 0 Å². The fraction of sp³-hybridized carbons (Fsp3) is 0.962. The van der Waals surface area contributed by atoms with Gasteiger partial charge in [-0.1, -0.05) is 13.8 Å². The van der Waals surface area contributed by atoms with Gasteiger partial charge in [-0.3, -0.25) is 0 Å². The van der Waals surface area contributed by atoms with Gasteiger partial charge in [-0.25, -0.2) is 0 Å². The summed E-state index contributed by atoms with van der Waals surface area (Å²) < 4.78 is 12.3. The van der Waals surface area contributed by atoms with Gasteiger partial charge in [-0.15, -0.1) is 0 Å². The van der Waals surface area contributed by atoms with Crippen LogP contribution in [-0.2, 0) is 14.3 Å². The fourth-order valence-electron chi connectivity index (χ4n) is 8.99. The zero-order valence-corrected chi connectivity index (χ0v) is 18.7. The van der Waals surface area contributed by atoms with E-state index in [1.165, 1.54) is 76.9 Å². The van der Waals surface area contributed by atoms with Crippen molar-refractivity contribution in [3.8, 4) is 0 Å². The molecule has 4 aliphatic carbocycles. The number of carbonyl (C=O) groups is 1. The SMILES string of the molecule is C[C@]12CC[C@@H](O[C@H]3CCCCO3)C[C@@H]1CC[C@@H]1[C@@H]2CC[C@]2(C)[C@@H](CC=O)CC[C@@H]12. The summed E-state index contributed by atoms with van der Waals surface area (Å²) in [6.07, 6.45) is 18.1. The van der Waals surface area contributed by atoms with E-state index in [-0.39, 0.29) is 6.29 Å². The molecule has 164 valence electrons. The van der Waals surface area contributed by atoms with Crippen molar-refractivity contribution in [2.75, 3.05) is 6.61 Å². The topological polar surface area (TPSA) is 35.5 Å². The minimum absolute atomic E-state index is 0.0677. The van der Waals surface area contributed by atoms with Gasteiger partial charge in [-0.05, 0) is 117 Å². The highest BCUT2D eigenvalue weighted by Gasteiger charge is 2.60. The number of fused-ring (bicyclic) bond motifs is 5. The minimum atomic E-state index is 0.0677. The third kappa shape index (κ3) is 3.43. The highest BCUT2D eigenvalue weighted by atomic mass is 16.7. The lowest BCUT2D eigenvalue weighted by Gasteiger charge is -2.61. The molecule has 5 aliphatic rings. The van der Waals surface area contributed by atoms with E-state index in [2.05, 4.69) is 13.8 Å². The average molecular weight is 403 g/mol. The molecule has 29 heavy (non-hydrogen) atoms. The highest BCUT2D eigenvalue weighted by molar-refractivity contribution is 5.50. The number of carbonyl (C=O) groups excluding carboxylic acids is 1. The van der Waals surface area contributed by atoms with Crippen molar-refractivity contribution in [3.63, 3.8) is 0 Å². The van der Waals surface area contributed by atoms with Crippen LogP contribution < -0.4 is 0 Å². The normalized spacial score (nSPS) is 52.3. The number of hydrogen-bond acceptors (Lipinski definition) is 3. The second kappa shape index (κ2) is 7.93. The van der Waals surface area contributed by atoms with E-state index in [0.717, 1.165) is 43.1 Å². The lowest BCUT2D eigenvalue weighted by Crippen LogP contribution is -2.54. The van der Waals surface area contributed by atoms with E-state index in [0.29, 0.717) is 22.9 Å². The zero-order chi connectivity index (χ0) is 20.1. The Morgan fingerprint density at radius 3 is 2.55 bits per heavy atom. The average Bonchev–Trinajstić information content (AvgIpc) is 3.06. The van der Waals surface area contributed by atoms with Crippen LogP contribution in [0.4, 0.5) is 0 Å². The van der Waals surface area contributed by atoms with E-state index >= 15 is 0 Å². The second-order valence-corrected chi connectivity index (χ2v) is 11.7. The van der Waals surface area contributed by atoms with Crippen molar-refractivity contribution >= 4 is 6.29 Å². The molecule has 0 aromatic carbocycles. The standard InChI is InChI=1S/C26H42O3/c1-25-14-11-23-21(22(25)9-7-18(25)12-15-27)8-6-19-17-20(10-13-26(19,23)2)29-24-5-3-4-16-28-24/h15,18-24H,3-14,16-17H2,1-2H3/t18-,19+,20-,21+,22+,23+,24+,25-,26+/m1/s1. The molecule has 5 rings (SSSR count). The highest BCUT2D eigenvalue weighted by Crippen LogP contribution is 2.67. The maximum absolute atomic E-state index is 11.3. The summed E-state index contributed by atoms with van der Waals surface area (Å²) in [5.41, 5.74) is 0.949. The summed E-state index contributed by atoms with van der Waals surface area (Å²) in [5, 5.41) is 0. The van der Waals surface area contributed by atoms with Crippen molar-refractivity contribution in [1.82, 2.24) is 0 Å². The largest absolute Gasteiger partial charge is 0.353 e. The van der Waals surface area contributed by atoms with Crippen molar-refractivity contribution in [3.05, 3.63) is 0 Å². The molecule has 0 aromatic heterocycles. The number of hydrogen-bond donors (Lipinski definition) is 0. The van der Waals surface area contributed by atoms with Gasteiger partial charge in [0.05, 0.1) is 6.10 Å². The van der Waals surface area contributed by atoms with Crippen LogP contribution in [0.1, 0.15) is 97.3 Å². The van der Waals surface area contributed by atoms with Crippen molar-refractivity contribution < 1.29 is 14.3 Å². The Labute approximate surface area is 177 Å². The van der Waals surface area contributed by atoms with Crippen LogP contribution in [0.2, 0.25) is 0 Å². The molecule has 1 aliphatic heterocycles. The summed E-state index contributed by atoms with van der Waals surface area (Å²) in [7, 11) is 0. The third-order valence-corrected chi connectivity index (χ3v) is 10.7. The number of ether oxygens (including phenoxy) is 2. The first-order valence-electron chi connectivity index (χ1n) is 12.8. The Morgan fingerprint density at radius 1 is 0.931 bits per heavy atom. The summed E-state index contributed by atoms with van der Waals surface area (Å²) in [6.45, 7) is 6.06. The number of aldehydes is 1. The molecular weight excluding hydrogens is 360 g/mol. The Hall–Kier alpha value is -0.410. The minimum Gasteiger partial charge on any atom is -0.353 e. The predicted octanol–water partition coefficient (Wildman–Crippen LogP) is 6.15. The molecule has 0 bridgehead atoms. The van der Waals surface area contributed by atoms with E-state index < -0.39 is 0 Å². The molecular formula is C26H42O3. The first kappa shape index (κ1) is 20.5. The molecule has 1 heterocycles. The van der Waals surface area contributed by atoms with Crippen LogP contribution >= 0.6 is 0 Å². The lowest BCUT2D eigenvalue weighted by molar-refractivity contribution is -0.212. The third-order valence-electron chi connectivity index (χ3n) is 10.7. The molecule has 1 saturated heterocycles. The first-order valence-corrected chi connectivity index (χ1v) is 12.8. The summed E-state index contributed by atoms with van der Waals surface area (Å²) in [5.74, 6) is 4.17. The predicted molar refractivity (Wildman–Crippen MR) is 114 cm³/mol. The van der Waals surface area contributed by atoms with Gasteiger partial charge in [0.2, 0.25) is 0 Å². The van der Waals surface area contributed by atoms with Crippen LogP contribution in [0.3, 0.4) is 0 Å². The zero-order valence-electron chi connectivity index (χ0n) is 18.7. The van der Waals surface area contributed by atoms with Crippen molar-refractivity contribution in [2.45, 2.75) is 110 Å². The van der Waals surface area contributed by atoms with Gasteiger partial charge in [0, 0.05) is 13.0 Å². The smallest absolute Gasteiger partial charge is 0.157 e. The molecule has 0 N–H and O–H groups in total. The molecule has 9 atom stereocenters. The van der Waals surface area contributed by atoms with E-state index in [1.807, 2.05) is 0 Å². The van der Waals surface area contributed by atoms with Crippen LogP contribution in [-0.4, -0.2) is 25.3 Å². The van der Waals surface area contributed by atoms with Crippen LogP contribution in [0.25, 0.3) is 0 Å². The van der Waals surface area contributed by atoms with Gasteiger partial charge >= 0.3 is 0 Å². The van der Waals surface area contributed by atoms with Crippen LogP contribution in [0.5, 0.6) is 0 Å². The molecule has 0 unspecified atom stereocenters. The van der Waals surface area contributed by atoms with E-state index in [9.17, 15) is 4.79 Å². The Balaban J connectivity index is 1.27. The summed E-state index contributed by atoms with van der Waals surface area (Å²) in [4.78, 5) is 11.3. The molecule has 3 nitrogen and oxygen atoms in total. The van der Waals surface area contributed by atoms with Gasteiger partial charge in [0.25, 0.3) is 0 Å². The van der Waals surface area contributed by atoms with Gasteiger partial charge < -0.3 is 14.3 Å². The molecule has 0 spiro atoms. The molecule has 0 amide bonds. The fourth-order valence-corrected chi connectivity index (χ4v) is 8.99. The monoisotopic (exact) mass is 402 g/mol. The lowest BCUT2D eigenvalue weighted by atomic mass is 9.44. The summed E-state index contributed by atoms with van der Waals surface area (Å²) in [6, 6.07) is 0. The Kier molecular flexibility index (Phi) is 5.60. The van der Waals surface area contributed by atoms with Crippen molar-refractivity contribution in [2.24, 2.45) is 40.4 Å². The molecule has 5 fully saturated rings. The Morgan fingerprint density at radius 2 is 1.76 bits per heavy atom. The maximum Gasteiger partial charge on any atom is 0.157 e. The van der Waals surface area contributed by atoms with Gasteiger partial charge in [-0.2, -0.15) is 0 Å². The van der Waals surface area contributed by atoms with Gasteiger partial charge in [0.1, 0.15) is 6.29 Å². The molecule has 4 saturated carbocycles. The second-order valence-electron chi connectivity index (χ2n) is 11.7. The van der Waals surface area contributed by atoms with Gasteiger partial charge in [0.15, 0.2) is 6.29 Å². The first-order chi connectivity index (χ1) is 14.0.